The number of carbonyl (C=O) groups is 3. The summed E-state index contributed by atoms with van der Waals surface area (Å²) in [6.07, 6.45) is 0.647. The van der Waals surface area contributed by atoms with Crippen LogP contribution in [-0.4, -0.2) is 41.3 Å². The molecule has 1 heterocycles. The van der Waals surface area contributed by atoms with Crippen LogP contribution in [0.5, 0.6) is 0 Å². The van der Waals surface area contributed by atoms with Crippen molar-refractivity contribution in [3.8, 4) is 0 Å². The fraction of sp³-hybridized carbons (Fsp3) is 0.348. The van der Waals surface area contributed by atoms with E-state index in [4.69, 9.17) is 4.74 Å². The van der Waals surface area contributed by atoms with Crippen LogP contribution in [0.2, 0.25) is 0 Å². The third-order valence-corrected chi connectivity index (χ3v) is 4.72. The quantitative estimate of drug-likeness (QED) is 0.663. The topological polar surface area (TPSA) is 75.7 Å². The Balaban J connectivity index is 1.40. The van der Waals surface area contributed by atoms with E-state index in [0.29, 0.717) is 30.8 Å². The van der Waals surface area contributed by atoms with Crippen LogP contribution in [0.1, 0.15) is 53.0 Å². The second kappa shape index (κ2) is 9.01. The van der Waals surface area contributed by atoms with Crippen LogP contribution in [0, 0.1) is 0 Å². The summed E-state index contributed by atoms with van der Waals surface area (Å²) in [5.74, 6) is -0.712. The van der Waals surface area contributed by atoms with Crippen LogP contribution in [0.3, 0.4) is 0 Å². The highest BCUT2D eigenvalue weighted by Gasteiger charge is 2.34. The van der Waals surface area contributed by atoms with E-state index < -0.39 is 5.54 Å². The molecule has 3 rings (SSSR count). The highest BCUT2D eigenvalue weighted by Crippen LogP contribution is 2.22. The minimum absolute atomic E-state index is 0.130. The first-order chi connectivity index (χ1) is 13.9. The summed E-state index contributed by atoms with van der Waals surface area (Å²) in [5.41, 5.74) is 1.43. The van der Waals surface area contributed by atoms with Crippen molar-refractivity contribution in [1.29, 1.82) is 0 Å². The van der Waals surface area contributed by atoms with Crippen LogP contribution < -0.4 is 5.32 Å². The SMILES string of the molecule is CC(C)(COCc1ccccc1)NC(=O)CCCN1C(=O)c2ccccc2C1=O. The summed E-state index contributed by atoms with van der Waals surface area (Å²) in [7, 11) is 0. The third-order valence-electron chi connectivity index (χ3n) is 4.72. The van der Waals surface area contributed by atoms with E-state index in [9.17, 15) is 14.4 Å². The summed E-state index contributed by atoms with van der Waals surface area (Å²) in [6, 6.07) is 16.6. The maximum Gasteiger partial charge on any atom is 0.261 e. The summed E-state index contributed by atoms with van der Waals surface area (Å²) in [4.78, 5) is 38.2. The number of ether oxygens (including phenoxy) is 1. The Morgan fingerprint density at radius 3 is 2.17 bits per heavy atom. The molecule has 2 aromatic carbocycles. The normalized spacial score (nSPS) is 13.5. The van der Waals surface area contributed by atoms with E-state index in [0.717, 1.165) is 5.56 Å². The molecule has 0 atom stereocenters. The van der Waals surface area contributed by atoms with Gasteiger partial charge in [-0.15, -0.1) is 0 Å². The fourth-order valence-corrected chi connectivity index (χ4v) is 3.31. The highest BCUT2D eigenvalue weighted by atomic mass is 16.5. The number of imide groups is 1. The number of nitrogens with zero attached hydrogens (tertiary/aromatic N) is 1. The summed E-state index contributed by atoms with van der Waals surface area (Å²) < 4.78 is 5.72. The Hall–Kier alpha value is -2.99. The number of fused-ring (bicyclic) bond motifs is 1. The second-order valence-corrected chi connectivity index (χ2v) is 7.82. The van der Waals surface area contributed by atoms with Crippen molar-refractivity contribution in [1.82, 2.24) is 10.2 Å². The Labute approximate surface area is 170 Å². The number of hydrogen-bond acceptors (Lipinski definition) is 4. The Bertz CT molecular complexity index is 858. The zero-order valence-electron chi connectivity index (χ0n) is 16.8. The van der Waals surface area contributed by atoms with Gasteiger partial charge in [0.1, 0.15) is 0 Å². The van der Waals surface area contributed by atoms with Gasteiger partial charge in [-0.3, -0.25) is 19.3 Å². The molecule has 0 spiro atoms. The Morgan fingerprint density at radius 2 is 1.55 bits per heavy atom. The molecule has 1 aliphatic heterocycles. The van der Waals surface area contributed by atoms with E-state index in [1.54, 1.807) is 24.3 Å². The monoisotopic (exact) mass is 394 g/mol. The number of carbonyl (C=O) groups excluding carboxylic acids is 3. The molecule has 0 saturated carbocycles. The van der Waals surface area contributed by atoms with E-state index in [2.05, 4.69) is 5.32 Å². The average molecular weight is 394 g/mol. The molecule has 0 radical (unpaired) electrons. The first-order valence-electron chi connectivity index (χ1n) is 9.75. The highest BCUT2D eigenvalue weighted by molar-refractivity contribution is 6.21. The van der Waals surface area contributed by atoms with Gasteiger partial charge < -0.3 is 10.1 Å². The number of rotatable bonds is 9. The fourth-order valence-electron chi connectivity index (χ4n) is 3.31. The van der Waals surface area contributed by atoms with Crippen molar-refractivity contribution in [3.63, 3.8) is 0 Å². The molecule has 6 heteroatoms. The molecule has 0 aliphatic carbocycles. The van der Waals surface area contributed by atoms with Gasteiger partial charge in [0.25, 0.3) is 11.8 Å². The lowest BCUT2D eigenvalue weighted by Crippen LogP contribution is -2.47. The maximum absolute atomic E-state index is 12.3. The molecule has 1 aliphatic rings. The van der Waals surface area contributed by atoms with E-state index >= 15 is 0 Å². The molecule has 0 unspecified atom stereocenters. The molecule has 2 aromatic rings. The molecule has 3 amide bonds. The number of benzene rings is 2. The van der Waals surface area contributed by atoms with E-state index in [1.165, 1.54) is 4.90 Å². The van der Waals surface area contributed by atoms with E-state index in [-0.39, 0.29) is 30.7 Å². The molecule has 29 heavy (non-hydrogen) atoms. The van der Waals surface area contributed by atoms with Gasteiger partial charge >= 0.3 is 0 Å². The van der Waals surface area contributed by atoms with Crippen molar-refractivity contribution in [2.24, 2.45) is 0 Å². The third kappa shape index (κ3) is 5.29. The number of hydrogen-bond donors (Lipinski definition) is 1. The van der Waals surface area contributed by atoms with Gasteiger partial charge in [0.15, 0.2) is 0 Å². The zero-order chi connectivity index (χ0) is 20.9. The molecule has 0 bridgehead atoms. The van der Waals surface area contributed by atoms with Crippen molar-refractivity contribution in [2.45, 2.75) is 38.8 Å². The summed E-state index contributed by atoms with van der Waals surface area (Å²) in [5, 5.41) is 2.96. The molecule has 0 saturated heterocycles. The van der Waals surface area contributed by atoms with E-state index in [1.807, 2.05) is 44.2 Å². The Morgan fingerprint density at radius 1 is 0.966 bits per heavy atom. The van der Waals surface area contributed by atoms with Crippen LogP contribution >= 0.6 is 0 Å². The second-order valence-electron chi connectivity index (χ2n) is 7.82. The summed E-state index contributed by atoms with van der Waals surface area (Å²) in [6.45, 7) is 4.90. The lowest BCUT2D eigenvalue weighted by atomic mass is 10.1. The predicted octanol–water partition coefficient (Wildman–Crippen LogP) is 3.17. The largest absolute Gasteiger partial charge is 0.374 e. The summed E-state index contributed by atoms with van der Waals surface area (Å²) >= 11 is 0. The molecular weight excluding hydrogens is 368 g/mol. The first kappa shape index (κ1) is 20.7. The molecule has 152 valence electrons. The molecule has 0 aromatic heterocycles. The average Bonchev–Trinajstić information content (AvgIpc) is 2.93. The molecule has 0 fully saturated rings. The van der Waals surface area contributed by atoms with Crippen LogP contribution in [0.25, 0.3) is 0 Å². The van der Waals surface area contributed by atoms with Crippen molar-refractivity contribution in [3.05, 3.63) is 71.3 Å². The number of amides is 3. The van der Waals surface area contributed by atoms with Gasteiger partial charge in [-0.05, 0) is 38.0 Å². The zero-order valence-corrected chi connectivity index (χ0v) is 16.8. The van der Waals surface area contributed by atoms with Crippen LogP contribution in [0.4, 0.5) is 0 Å². The van der Waals surface area contributed by atoms with Crippen molar-refractivity contribution >= 4 is 17.7 Å². The first-order valence-corrected chi connectivity index (χ1v) is 9.75. The Kier molecular flexibility index (Phi) is 6.44. The van der Waals surface area contributed by atoms with Gasteiger partial charge in [0.05, 0.1) is 29.9 Å². The maximum atomic E-state index is 12.3. The van der Waals surface area contributed by atoms with Gasteiger partial charge in [0.2, 0.25) is 5.91 Å². The van der Waals surface area contributed by atoms with Gasteiger partial charge in [-0.1, -0.05) is 42.5 Å². The molecule has 6 nitrogen and oxygen atoms in total. The standard InChI is InChI=1S/C23H26N2O4/c1-23(2,16-29-15-17-9-4-3-5-10-17)24-20(26)13-8-14-25-21(27)18-11-6-7-12-19(18)22(25)28/h3-7,9-12H,8,13-16H2,1-2H3,(H,24,26). The van der Waals surface area contributed by atoms with Crippen LogP contribution in [0.15, 0.2) is 54.6 Å². The lowest BCUT2D eigenvalue weighted by molar-refractivity contribution is -0.123. The lowest BCUT2D eigenvalue weighted by Gasteiger charge is -2.26. The van der Waals surface area contributed by atoms with Crippen molar-refractivity contribution < 1.29 is 19.1 Å². The van der Waals surface area contributed by atoms with Gasteiger partial charge in [0, 0.05) is 13.0 Å². The predicted molar refractivity (Wildman–Crippen MR) is 109 cm³/mol. The van der Waals surface area contributed by atoms with Crippen molar-refractivity contribution in [2.75, 3.05) is 13.2 Å². The minimum atomic E-state index is -0.513. The molecular formula is C23H26N2O4. The number of nitrogens with one attached hydrogen (secondary N) is 1. The smallest absolute Gasteiger partial charge is 0.261 e. The molecule has 1 N–H and O–H groups in total. The van der Waals surface area contributed by atoms with Crippen LogP contribution in [-0.2, 0) is 16.1 Å². The van der Waals surface area contributed by atoms with Gasteiger partial charge in [-0.25, -0.2) is 0 Å². The van der Waals surface area contributed by atoms with Gasteiger partial charge in [-0.2, -0.15) is 0 Å². The minimum Gasteiger partial charge on any atom is -0.374 e.